The van der Waals surface area contributed by atoms with E-state index in [1.54, 1.807) is 0 Å². The van der Waals surface area contributed by atoms with Gasteiger partial charge in [0.05, 0.1) is 12.0 Å². The van der Waals surface area contributed by atoms with Crippen LogP contribution in [0.25, 0.3) is 11.1 Å². The second-order valence-electron chi connectivity index (χ2n) is 12.5. The van der Waals surface area contributed by atoms with Crippen LogP contribution in [0.15, 0.2) is 72.8 Å². The van der Waals surface area contributed by atoms with E-state index in [1.165, 1.54) is 11.0 Å². The number of hydrogen-bond acceptors (Lipinski definition) is 5. The summed E-state index contributed by atoms with van der Waals surface area (Å²) in [4.78, 5) is 39.3. The summed E-state index contributed by atoms with van der Waals surface area (Å²) in [7, 11) is 0. The first-order chi connectivity index (χ1) is 20.5. The molecule has 228 valence electrons. The van der Waals surface area contributed by atoms with Crippen molar-refractivity contribution in [2.24, 2.45) is 11.3 Å². The van der Waals surface area contributed by atoms with Crippen LogP contribution in [0.2, 0.25) is 0 Å². The molecule has 0 spiro atoms. The molecule has 0 fully saturated rings. The first-order valence-corrected chi connectivity index (χ1v) is 14.9. The average molecular weight is 586 g/mol. The Morgan fingerprint density at radius 2 is 1.63 bits per heavy atom. The molecule has 8 nitrogen and oxygen atoms in total. The van der Waals surface area contributed by atoms with Gasteiger partial charge < -0.3 is 15.7 Å². The summed E-state index contributed by atoms with van der Waals surface area (Å²) in [6.07, 6.45) is 1.17. The molecule has 1 aliphatic carbocycles. The molecule has 0 aliphatic heterocycles. The van der Waals surface area contributed by atoms with Gasteiger partial charge in [0.25, 0.3) is 5.91 Å². The molecule has 0 heterocycles. The smallest absolute Gasteiger partial charge is 0.272 e. The van der Waals surface area contributed by atoms with Gasteiger partial charge in [0.15, 0.2) is 0 Å². The van der Waals surface area contributed by atoms with Crippen LogP contribution in [-0.2, 0) is 27.2 Å². The maximum atomic E-state index is 13.6. The highest BCUT2D eigenvalue weighted by molar-refractivity contribution is 5.92. The Labute approximate surface area is 253 Å². The molecule has 5 N–H and O–H groups in total. The third kappa shape index (κ3) is 7.89. The molecule has 1 aliphatic rings. The average Bonchev–Trinajstić information content (AvgIpc) is 3.39. The highest BCUT2D eigenvalue weighted by Crippen LogP contribution is 2.32. The van der Waals surface area contributed by atoms with E-state index in [0.717, 1.165) is 40.7 Å². The Morgan fingerprint density at radius 3 is 2.30 bits per heavy atom. The number of aliphatic hydroxyl groups is 1. The number of hydroxylamine groups is 1. The van der Waals surface area contributed by atoms with Gasteiger partial charge in [-0.25, -0.2) is 5.48 Å². The number of benzene rings is 3. The topological polar surface area (TPSA) is 128 Å². The molecule has 4 rings (SSSR count). The van der Waals surface area contributed by atoms with E-state index >= 15 is 0 Å². The Balaban J connectivity index is 1.44. The van der Waals surface area contributed by atoms with Crippen molar-refractivity contribution in [1.82, 2.24) is 16.1 Å². The number of carbonyl (C=O) groups excluding carboxylic acids is 3. The van der Waals surface area contributed by atoms with Crippen LogP contribution in [0.3, 0.4) is 0 Å². The number of rotatable bonds is 11. The molecule has 0 aromatic heterocycles. The van der Waals surface area contributed by atoms with Crippen molar-refractivity contribution < 1.29 is 24.7 Å². The van der Waals surface area contributed by atoms with E-state index in [-0.39, 0.29) is 18.4 Å². The monoisotopic (exact) mass is 585 g/mol. The molecule has 43 heavy (non-hydrogen) atoms. The van der Waals surface area contributed by atoms with Crippen LogP contribution >= 0.6 is 0 Å². The van der Waals surface area contributed by atoms with Gasteiger partial charge in [0.1, 0.15) is 12.1 Å². The van der Waals surface area contributed by atoms with E-state index in [9.17, 15) is 24.7 Å². The molecule has 4 atom stereocenters. The minimum atomic E-state index is -1.78. The second kappa shape index (κ2) is 14.0. The summed E-state index contributed by atoms with van der Waals surface area (Å²) in [5.41, 5.74) is 7.56. The van der Waals surface area contributed by atoms with Crippen molar-refractivity contribution in [3.8, 4) is 11.1 Å². The Morgan fingerprint density at radius 1 is 0.930 bits per heavy atom. The summed E-state index contributed by atoms with van der Waals surface area (Å²) < 4.78 is 0. The number of carbonyl (C=O) groups is 3. The van der Waals surface area contributed by atoms with E-state index in [2.05, 4.69) is 47.9 Å². The van der Waals surface area contributed by atoms with Crippen molar-refractivity contribution in [3.05, 3.63) is 95.1 Å². The number of aryl methyl sites for hydroxylation is 3. The minimum absolute atomic E-state index is 0.149. The Kier molecular flexibility index (Phi) is 10.4. The Hall–Kier alpha value is -4.01. The molecular formula is C35H43N3O5. The number of fused-ring (bicyclic) bond motifs is 1. The lowest BCUT2D eigenvalue weighted by Crippen LogP contribution is -2.57. The summed E-state index contributed by atoms with van der Waals surface area (Å²) in [5, 5.41) is 25.8. The largest absolute Gasteiger partial charge is 0.382 e. The summed E-state index contributed by atoms with van der Waals surface area (Å²) in [6.45, 7) is 7.62. The van der Waals surface area contributed by atoms with Crippen molar-refractivity contribution in [3.63, 3.8) is 0 Å². The highest BCUT2D eigenvalue weighted by atomic mass is 16.5. The molecular weight excluding hydrogens is 542 g/mol. The van der Waals surface area contributed by atoms with Gasteiger partial charge in [0.2, 0.25) is 11.8 Å². The van der Waals surface area contributed by atoms with Crippen LogP contribution in [0.5, 0.6) is 0 Å². The first-order valence-electron chi connectivity index (χ1n) is 14.9. The Bertz CT molecular complexity index is 1430. The fraction of sp³-hybridized carbons (Fsp3) is 0.400. The lowest BCUT2D eigenvalue weighted by molar-refractivity contribution is -0.147. The second-order valence-corrected chi connectivity index (χ2v) is 12.5. The van der Waals surface area contributed by atoms with Crippen LogP contribution in [-0.4, -0.2) is 40.2 Å². The molecule has 3 aromatic rings. The molecule has 3 amide bonds. The number of nitrogens with one attached hydrogen (secondary N) is 3. The van der Waals surface area contributed by atoms with Gasteiger partial charge in [-0.05, 0) is 77.8 Å². The van der Waals surface area contributed by atoms with Gasteiger partial charge >= 0.3 is 0 Å². The molecule has 0 bridgehead atoms. The third-order valence-corrected chi connectivity index (χ3v) is 8.32. The zero-order chi connectivity index (χ0) is 31.1. The van der Waals surface area contributed by atoms with Crippen LogP contribution in [0.4, 0.5) is 0 Å². The minimum Gasteiger partial charge on any atom is -0.382 e. The quantitative estimate of drug-likeness (QED) is 0.163. The molecule has 8 heteroatoms. The number of amides is 3. The molecule has 0 radical (unpaired) electrons. The molecule has 3 aromatic carbocycles. The van der Waals surface area contributed by atoms with Gasteiger partial charge in [0, 0.05) is 0 Å². The third-order valence-electron chi connectivity index (χ3n) is 8.32. The zero-order valence-electron chi connectivity index (χ0n) is 25.4. The maximum absolute atomic E-state index is 13.6. The van der Waals surface area contributed by atoms with Gasteiger partial charge in [-0.1, -0.05) is 93.6 Å². The predicted octanol–water partition coefficient (Wildman–Crippen LogP) is 4.80. The van der Waals surface area contributed by atoms with Gasteiger partial charge in [-0.15, -0.1) is 0 Å². The van der Waals surface area contributed by atoms with E-state index in [0.29, 0.717) is 12.8 Å². The number of hydrogen-bond donors (Lipinski definition) is 5. The van der Waals surface area contributed by atoms with Crippen molar-refractivity contribution >= 4 is 17.7 Å². The lowest BCUT2D eigenvalue weighted by atomic mass is 9.84. The van der Waals surface area contributed by atoms with Crippen LogP contribution in [0, 0.1) is 18.3 Å². The standard InChI is InChI=1S/C35H43N3O5/c1-22-21-23(17-19-26(22)24-12-6-5-7-13-24)11-10-16-28(30(39)33(41)38-43)32(40)37-31(35(2,3)4)34(42)36-29-20-18-25-14-8-9-15-27(25)29/h5-9,12-15,17,19,21,28-31,39,43H,10-11,16,18,20H2,1-4H3,(H,36,42)(H,37,40)(H,38,41). The summed E-state index contributed by atoms with van der Waals surface area (Å²) in [5.74, 6) is -3.17. The summed E-state index contributed by atoms with van der Waals surface area (Å²) in [6, 6.07) is 23.3. The lowest BCUT2D eigenvalue weighted by Gasteiger charge is -2.33. The van der Waals surface area contributed by atoms with Crippen molar-refractivity contribution in [2.75, 3.05) is 0 Å². The molecule has 0 saturated carbocycles. The predicted molar refractivity (Wildman–Crippen MR) is 166 cm³/mol. The molecule has 0 saturated heterocycles. The van der Waals surface area contributed by atoms with Gasteiger partial charge in [-0.3, -0.25) is 19.6 Å². The maximum Gasteiger partial charge on any atom is 0.272 e. The van der Waals surface area contributed by atoms with E-state index in [1.807, 2.05) is 63.2 Å². The number of aliphatic hydroxyl groups excluding tert-OH is 1. The van der Waals surface area contributed by atoms with E-state index < -0.39 is 35.3 Å². The summed E-state index contributed by atoms with van der Waals surface area (Å²) >= 11 is 0. The normalized spacial score (nSPS) is 16.5. The van der Waals surface area contributed by atoms with Gasteiger partial charge in [-0.2, -0.15) is 0 Å². The highest BCUT2D eigenvalue weighted by Gasteiger charge is 2.39. The fourth-order valence-corrected chi connectivity index (χ4v) is 5.92. The van der Waals surface area contributed by atoms with Crippen LogP contribution < -0.4 is 16.1 Å². The SMILES string of the molecule is Cc1cc(CCCC(C(=O)NC(C(=O)NC2CCc3ccccc32)C(C)(C)C)C(O)C(=O)NO)ccc1-c1ccccc1. The fourth-order valence-electron chi connectivity index (χ4n) is 5.92. The van der Waals surface area contributed by atoms with Crippen molar-refractivity contribution in [2.45, 2.75) is 78.0 Å². The van der Waals surface area contributed by atoms with Crippen molar-refractivity contribution in [1.29, 1.82) is 0 Å². The molecule has 4 unspecified atom stereocenters. The first kappa shape index (κ1) is 31.9. The van der Waals surface area contributed by atoms with E-state index in [4.69, 9.17) is 0 Å². The van der Waals surface area contributed by atoms with Crippen LogP contribution in [0.1, 0.15) is 68.3 Å². The zero-order valence-corrected chi connectivity index (χ0v) is 25.4.